The van der Waals surface area contributed by atoms with Crippen molar-refractivity contribution in [3.05, 3.63) is 57.6 Å². The van der Waals surface area contributed by atoms with Gasteiger partial charge in [-0.1, -0.05) is 6.07 Å². The molecule has 2 rings (SSSR count). The summed E-state index contributed by atoms with van der Waals surface area (Å²) < 4.78 is 9.82. The minimum absolute atomic E-state index is 0.142. The highest BCUT2D eigenvalue weighted by Gasteiger charge is 2.18. The molecule has 0 spiro atoms. The van der Waals surface area contributed by atoms with Gasteiger partial charge in [0.15, 0.2) is 0 Å². The average molecular weight is 387 g/mol. The molecule has 28 heavy (non-hydrogen) atoms. The Balaban J connectivity index is 2.16. The lowest BCUT2D eigenvalue weighted by Crippen LogP contribution is -2.32. The maximum atomic E-state index is 12.5. The first-order valence-corrected chi connectivity index (χ1v) is 8.35. The van der Waals surface area contributed by atoms with E-state index in [4.69, 9.17) is 9.47 Å². The van der Waals surface area contributed by atoms with Crippen LogP contribution in [0.1, 0.15) is 22.8 Å². The number of ether oxygens (including phenoxy) is 2. The zero-order valence-electron chi connectivity index (χ0n) is 15.9. The Bertz CT molecular complexity index is 913. The van der Waals surface area contributed by atoms with Crippen molar-refractivity contribution in [2.24, 2.45) is 0 Å². The Morgan fingerprint density at radius 1 is 1.11 bits per heavy atom. The third-order valence-corrected chi connectivity index (χ3v) is 4.08. The van der Waals surface area contributed by atoms with E-state index in [0.29, 0.717) is 16.9 Å². The van der Waals surface area contributed by atoms with Gasteiger partial charge in [0, 0.05) is 11.8 Å². The predicted molar refractivity (Wildman–Crippen MR) is 104 cm³/mol. The third-order valence-electron chi connectivity index (χ3n) is 4.08. The minimum atomic E-state index is -0.661. The monoisotopic (exact) mass is 387 g/mol. The van der Waals surface area contributed by atoms with Gasteiger partial charge in [-0.25, -0.2) is 4.79 Å². The molecule has 9 nitrogen and oxygen atoms in total. The molecule has 2 aromatic rings. The third kappa shape index (κ3) is 4.76. The fraction of sp³-hybridized carbons (Fsp3) is 0.263. The number of benzene rings is 2. The summed E-state index contributed by atoms with van der Waals surface area (Å²) in [5.41, 5.74) is 1.99. The normalized spacial score (nSPS) is 11.3. The van der Waals surface area contributed by atoms with Crippen molar-refractivity contribution >= 4 is 28.9 Å². The first-order valence-electron chi connectivity index (χ1n) is 8.35. The molecule has 0 heterocycles. The van der Waals surface area contributed by atoms with Crippen molar-refractivity contribution in [3.63, 3.8) is 0 Å². The van der Waals surface area contributed by atoms with E-state index in [9.17, 15) is 19.7 Å². The molecular formula is C19H21N3O6. The molecule has 0 unspecified atom stereocenters. The van der Waals surface area contributed by atoms with E-state index in [1.165, 1.54) is 32.4 Å². The minimum Gasteiger partial charge on any atom is -0.494 e. The lowest BCUT2D eigenvalue weighted by Gasteiger charge is -2.18. The van der Waals surface area contributed by atoms with Gasteiger partial charge >= 0.3 is 5.97 Å². The average Bonchev–Trinajstić information content (AvgIpc) is 2.68. The number of anilines is 2. The van der Waals surface area contributed by atoms with E-state index in [1.807, 2.05) is 6.92 Å². The molecular weight excluding hydrogens is 366 g/mol. The number of esters is 1. The van der Waals surface area contributed by atoms with Crippen LogP contribution in [0.25, 0.3) is 0 Å². The number of methoxy groups -OCH3 is 2. The smallest absolute Gasteiger partial charge is 0.337 e. The van der Waals surface area contributed by atoms with Gasteiger partial charge in [-0.2, -0.15) is 0 Å². The van der Waals surface area contributed by atoms with Gasteiger partial charge in [0.1, 0.15) is 11.8 Å². The number of nitrogens with zero attached hydrogens (tertiary/aromatic N) is 1. The highest BCUT2D eigenvalue weighted by atomic mass is 16.6. The van der Waals surface area contributed by atoms with Gasteiger partial charge in [0.25, 0.3) is 5.69 Å². The van der Waals surface area contributed by atoms with Crippen molar-refractivity contribution in [1.82, 2.24) is 0 Å². The van der Waals surface area contributed by atoms with Gasteiger partial charge in [-0.05, 0) is 37.6 Å². The number of carbonyl (C=O) groups excluding carboxylic acids is 2. The number of carbonyl (C=O) groups is 2. The molecule has 148 valence electrons. The van der Waals surface area contributed by atoms with Gasteiger partial charge in [-0.15, -0.1) is 0 Å². The number of nitro groups is 1. The lowest BCUT2D eigenvalue weighted by molar-refractivity contribution is -0.384. The van der Waals surface area contributed by atoms with E-state index in [0.717, 1.165) is 5.56 Å². The van der Waals surface area contributed by atoms with E-state index in [2.05, 4.69) is 10.6 Å². The van der Waals surface area contributed by atoms with Crippen molar-refractivity contribution in [1.29, 1.82) is 0 Å². The van der Waals surface area contributed by atoms with Gasteiger partial charge in [0.05, 0.1) is 36.5 Å². The summed E-state index contributed by atoms with van der Waals surface area (Å²) in [6.07, 6.45) is 0. The molecule has 0 saturated heterocycles. The molecule has 0 aliphatic carbocycles. The molecule has 0 fully saturated rings. The molecule has 0 aliphatic rings. The quantitative estimate of drug-likeness (QED) is 0.425. The summed E-state index contributed by atoms with van der Waals surface area (Å²) in [5, 5.41) is 16.6. The maximum Gasteiger partial charge on any atom is 0.337 e. The number of hydrogen-bond donors (Lipinski definition) is 2. The fourth-order valence-electron chi connectivity index (χ4n) is 2.46. The van der Waals surface area contributed by atoms with Crippen LogP contribution in [0.15, 0.2) is 36.4 Å². The molecule has 2 N–H and O–H groups in total. The van der Waals surface area contributed by atoms with Crippen LogP contribution in [-0.4, -0.2) is 37.1 Å². The van der Waals surface area contributed by atoms with Crippen molar-refractivity contribution < 1.29 is 24.0 Å². The first kappa shape index (κ1) is 20.7. The van der Waals surface area contributed by atoms with Crippen LogP contribution in [0, 0.1) is 17.0 Å². The summed E-state index contributed by atoms with van der Waals surface area (Å²) in [5.74, 6) is -0.676. The molecule has 0 aliphatic heterocycles. The van der Waals surface area contributed by atoms with Gasteiger partial charge < -0.3 is 20.1 Å². The summed E-state index contributed by atoms with van der Waals surface area (Å²) >= 11 is 0. The Labute approximate surface area is 161 Å². The van der Waals surface area contributed by atoms with E-state index in [1.54, 1.807) is 25.1 Å². The van der Waals surface area contributed by atoms with Crippen LogP contribution in [0.2, 0.25) is 0 Å². The zero-order chi connectivity index (χ0) is 20.8. The Morgan fingerprint density at radius 3 is 2.43 bits per heavy atom. The SMILES string of the molecule is COC(=O)c1ccc(C)c(N[C@H](C)C(=O)Nc2ccc([N+](=O)[O-])cc2OC)c1. The summed E-state index contributed by atoms with van der Waals surface area (Å²) in [6, 6.07) is 8.25. The Kier molecular flexibility index (Phi) is 6.54. The molecule has 0 saturated carbocycles. The molecule has 0 radical (unpaired) electrons. The molecule has 9 heteroatoms. The molecule has 0 bridgehead atoms. The molecule has 1 amide bonds. The second kappa shape index (κ2) is 8.85. The van der Waals surface area contributed by atoms with Crippen molar-refractivity contribution in [2.75, 3.05) is 24.9 Å². The number of amides is 1. The molecule has 2 aromatic carbocycles. The Hall–Kier alpha value is -3.62. The van der Waals surface area contributed by atoms with Crippen LogP contribution in [0.5, 0.6) is 5.75 Å². The topological polar surface area (TPSA) is 120 Å². The Morgan fingerprint density at radius 2 is 1.82 bits per heavy atom. The number of nitrogens with one attached hydrogen (secondary N) is 2. The second-order valence-electron chi connectivity index (χ2n) is 6.02. The van der Waals surface area contributed by atoms with E-state index < -0.39 is 16.9 Å². The van der Waals surface area contributed by atoms with Crippen LogP contribution in [-0.2, 0) is 9.53 Å². The molecule has 1 atom stereocenters. The van der Waals surface area contributed by atoms with Crippen molar-refractivity contribution in [3.8, 4) is 5.75 Å². The number of nitro benzene ring substituents is 1. The summed E-state index contributed by atoms with van der Waals surface area (Å²) in [7, 11) is 2.65. The summed E-state index contributed by atoms with van der Waals surface area (Å²) in [6.45, 7) is 3.49. The van der Waals surface area contributed by atoms with Crippen LogP contribution >= 0.6 is 0 Å². The molecule has 0 aromatic heterocycles. The first-order chi connectivity index (χ1) is 13.3. The summed E-state index contributed by atoms with van der Waals surface area (Å²) in [4.78, 5) is 34.5. The van der Waals surface area contributed by atoms with Gasteiger partial charge in [-0.3, -0.25) is 14.9 Å². The fourth-order valence-corrected chi connectivity index (χ4v) is 2.46. The highest BCUT2D eigenvalue weighted by molar-refractivity contribution is 5.98. The maximum absolute atomic E-state index is 12.5. The largest absolute Gasteiger partial charge is 0.494 e. The number of aryl methyl sites for hydroxylation is 1. The van der Waals surface area contributed by atoms with Crippen LogP contribution in [0.3, 0.4) is 0 Å². The standard InChI is InChI=1S/C19H21N3O6/c1-11-5-6-13(19(24)28-4)9-16(11)20-12(2)18(23)21-15-8-7-14(22(25)26)10-17(15)27-3/h5-10,12,20H,1-4H3,(H,21,23)/t12-/m1/s1. The lowest BCUT2D eigenvalue weighted by atomic mass is 10.1. The predicted octanol–water partition coefficient (Wildman–Crippen LogP) is 3.14. The van der Waals surface area contributed by atoms with Crippen molar-refractivity contribution in [2.45, 2.75) is 19.9 Å². The number of hydrogen-bond acceptors (Lipinski definition) is 7. The van der Waals surface area contributed by atoms with Gasteiger partial charge in [0.2, 0.25) is 5.91 Å². The highest BCUT2D eigenvalue weighted by Crippen LogP contribution is 2.29. The van der Waals surface area contributed by atoms with Crippen LogP contribution < -0.4 is 15.4 Å². The number of rotatable bonds is 7. The van der Waals surface area contributed by atoms with Crippen LogP contribution in [0.4, 0.5) is 17.1 Å². The second-order valence-corrected chi connectivity index (χ2v) is 6.02. The number of non-ortho nitro benzene ring substituents is 1. The van der Waals surface area contributed by atoms with E-state index >= 15 is 0 Å². The zero-order valence-corrected chi connectivity index (χ0v) is 15.9. The van der Waals surface area contributed by atoms with E-state index in [-0.39, 0.29) is 17.3 Å².